The molecule has 2 amide bonds. The number of nitrogens with one attached hydrogen (secondary N) is 2. The molecule has 1 aliphatic rings. The van der Waals surface area contributed by atoms with Gasteiger partial charge < -0.3 is 15.7 Å². The van der Waals surface area contributed by atoms with Crippen LogP contribution in [-0.4, -0.2) is 40.2 Å². The van der Waals surface area contributed by atoms with E-state index in [0.29, 0.717) is 6.54 Å². The van der Waals surface area contributed by atoms with E-state index >= 15 is 0 Å². The number of carboxylic acids is 1. The molecule has 0 aromatic carbocycles. The van der Waals surface area contributed by atoms with Crippen molar-refractivity contribution in [3.05, 3.63) is 0 Å². The minimum atomic E-state index is -0.900. The summed E-state index contributed by atoms with van der Waals surface area (Å²) in [6, 6.07) is -0.663. The summed E-state index contributed by atoms with van der Waals surface area (Å²) < 4.78 is 0.112. The highest BCUT2D eigenvalue weighted by atomic mass is 32.2. The van der Waals surface area contributed by atoms with Gasteiger partial charge in [-0.25, -0.2) is 4.79 Å². The van der Waals surface area contributed by atoms with Crippen LogP contribution < -0.4 is 10.6 Å². The quantitative estimate of drug-likeness (QED) is 0.729. The fourth-order valence-electron chi connectivity index (χ4n) is 2.20. The molecule has 2 unspecified atom stereocenters. The van der Waals surface area contributed by atoms with Crippen molar-refractivity contribution >= 4 is 23.8 Å². The molecule has 116 valence electrons. The lowest BCUT2D eigenvalue weighted by Gasteiger charge is -2.31. The Labute approximate surface area is 125 Å². The van der Waals surface area contributed by atoms with Crippen molar-refractivity contribution in [3.8, 4) is 0 Å². The first-order valence-corrected chi connectivity index (χ1v) is 8.01. The topological polar surface area (TPSA) is 78.4 Å². The zero-order valence-electron chi connectivity index (χ0n) is 12.8. The smallest absolute Gasteiger partial charge is 0.315 e. The number of carboxylic acid groups (broad SMARTS) is 1. The predicted octanol–water partition coefficient (Wildman–Crippen LogP) is 2.46. The SMILES string of the molecule is CC1(CNC(=O)NC(CC(=O)O)C(C)(C)C)CCCS1. The fraction of sp³-hybridized carbons (Fsp3) is 0.857. The van der Waals surface area contributed by atoms with Crippen LogP contribution in [0.3, 0.4) is 0 Å². The summed E-state index contributed by atoms with van der Waals surface area (Å²) in [6.07, 6.45) is 2.23. The molecule has 0 bridgehead atoms. The van der Waals surface area contributed by atoms with Gasteiger partial charge in [0.2, 0.25) is 0 Å². The lowest BCUT2D eigenvalue weighted by molar-refractivity contribution is -0.138. The lowest BCUT2D eigenvalue weighted by Crippen LogP contribution is -2.51. The first kappa shape index (κ1) is 17.1. The van der Waals surface area contributed by atoms with E-state index in [9.17, 15) is 9.59 Å². The maximum atomic E-state index is 12.0. The van der Waals surface area contributed by atoms with E-state index < -0.39 is 5.97 Å². The summed E-state index contributed by atoms with van der Waals surface area (Å²) in [6.45, 7) is 8.55. The molecule has 5 nitrogen and oxygen atoms in total. The van der Waals surface area contributed by atoms with E-state index in [-0.39, 0.29) is 28.7 Å². The molecule has 0 spiro atoms. The predicted molar refractivity (Wildman–Crippen MR) is 82.1 cm³/mol. The molecule has 2 atom stereocenters. The average molecular weight is 302 g/mol. The number of thioether (sulfide) groups is 1. The Morgan fingerprint density at radius 2 is 2.05 bits per heavy atom. The summed E-state index contributed by atoms with van der Waals surface area (Å²) in [4.78, 5) is 22.8. The second-order valence-corrected chi connectivity index (χ2v) is 8.43. The molecule has 20 heavy (non-hydrogen) atoms. The molecular weight excluding hydrogens is 276 g/mol. The fourth-order valence-corrected chi connectivity index (χ4v) is 3.45. The maximum Gasteiger partial charge on any atom is 0.315 e. The van der Waals surface area contributed by atoms with Gasteiger partial charge in [0.15, 0.2) is 0 Å². The van der Waals surface area contributed by atoms with Gasteiger partial charge in [0.05, 0.1) is 6.42 Å². The Bertz CT molecular complexity index is 360. The first-order valence-electron chi connectivity index (χ1n) is 7.02. The average Bonchev–Trinajstić information content (AvgIpc) is 2.72. The molecule has 3 N–H and O–H groups in total. The number of carbonyl (C=O) groups is 2. The zero-order chi connectivity index (χ0) is 15.4. The van der Waals surface area contributed by atoms with Crippen LogP contribution in [0.25, 0.3) is 0 Å². The Kier molecular flexibility index (Phi) is 5.74. The highest BCUT2D eigenvalue weighted by molar-refractivity contribution is 8.00. The van der Waals surface area contributed by atoms with Gasteiger partial charge in [-0.05, 0) is 30.9 Å². The van der Waals surface area contributed by atoms with Gasteiger partial charge in [0.1, 0.15) is 0 Å². The van der Waals surface area contributed by atoms with Gasteiger partial charge in [0, 0.05) is 17.3 Å². The monoisotopic (exact) mass is 302 g/mol. The summed E-state index contributed by atoms with van der Waals surface area (Å²) in [7, 11) is 0. The van der Waals surface area contributed by atoms with Crippen LogP contribution >= 0.6 is 11.8 Å². The van der Waals surface area contributed by atoms with Crippen molar-refractivity contribution in [1.29, 1.82) is 0 Å². The highest BCUT2D eigenvalue weighted by Gasteiger charge is 2.31. The van der Waals surface area contributed by atoms with Crippen LogP contribution in [0.2, 0.25) is 0 Å². The van der Waals surface area contributed by atoms with Gasteiger partial charge in [-0.3, -0.25) is 4.79 Å². The van der Waals surface area contributed by atoms with Crippen LogP contribution in [-0.2, 0) is 4.79 Å². The van der Waals surface area contributed by atoms with Crippen molar-refractivity contribution < 1.29 is 14.7 Å². The maximum absolute atomic E-state index is 12.0. The van der Waals surface area contributed by atoms with Crippen molar-refractivity contribution in [2.24, 2.45) is 5.41 Å². The van der Waals surface area contributed by atoms with Crippen molar-refractivity contribution in [2.75, 3.05) is 12.3 Å². The van der Waals surface area contributed by atoms with Crippen molar-refractivity contribution in [3.63, 3.8) is 0 Å². The lowest BCUT2D eigenvalue weighted by atomic mass is 9.85. The molecule has 1 saturated heterocycles. The van der Waals surface area contributed by atoms with E-state index in [2.05, 4.69) is 17.6 Å². The molecule has 1 rings (SSSR count). The number of hydrogen-bond acceptors (Lipinski definition) is 3. The Hall–Kier alpha value is -0.910. The van der Waals surface area contributed by atoms with Crippen molar-refractivity contribution in [2.45, 2.75) is 57.7 Å². The Morgan fingerprint density at radius 1 is 1.40 bits per heavy atom. The third kappa shape index (κ3) is 5.61. The van der Waals surface area contributed by atoms with Crippen molar-refractivity contribution in [1.82, 2.24) is 10.6 Å². The summed E-state index contributed by atoms with van der Waals surface area (Å²) in [5.41, 5.74) is -0.290. The minimum Gasteiger partial charge on any atom is -0.481 e. The Morgan fingerprint density at radius 3 is 2.50 bits per heavy atom. The third-order valence-electron chi connectivity index (χ3n) is 3.65. The summed E-state index contributed by atoms with van der Waals surface area (Å²) >= 11 is 1.89. The molecule has 0 radical (unpaired) electrons. The van der Waals surface area contributed by atoms with Gasteiger partial charge in [-0.15, -0.1) is 0 Å². The standard InChI is InChI=1S/C14H26N2O3S/c1-13(2,3)10(8-11(17)18)16-12(19)15-9-14(4)6-5-7-20-14/h10H,5-9H2,1-4H3,(H,17,18)(H2,15,16,19). The Balaban J connectivity index is 2.47. The molecule has 0 aromatic heterocycles. The van der Waals surface area contributed by atoms with E-state index in [4.69, 9.17) is 5.11 Å². The van der Waals surface area contributed by atoms with Crippen LogP contribution in [0.5, 0.6) is 0 Å². The largest absolute Gasteiger partial charge is 0.481 e. The normalized spacial score (nSPS) is 24.2. The molecule has 0 saturated carbocycles. The molecule has 1 fully saturated rings. The van der Waals surface area contributed by atoms with E-state index in [1.54, 1.807) is 0 Å². The van der Waals surface area contributed by atoms with Gasteiger partial charge in [-0.2, -0.15) is 11.8 Å². The van der Waals surface area contributed by atoms with Crippen LogP contribution in [0.1, 0.15) is 47.0 Å². The molecule has 1 heterocycles. The number of urea groups is 1. The number of aliphatic carboxylic acids is 1. The van der Waals surface area contributed by atoms with E-state index in [1.165, 1.54) is 6.42 Å². The van der Waals surface area contributed by atoms with E-state index in [1.807, 2.05) is 32.5 Å². The minimum absolute atomic E-state index is 0.0665. The second kappa shape index (κ2) is 6.70. The third-order valence-corrected chi connectivity index (χ3v) is 5.19. The first-order chi connectivity index (χ1) is 9.12. The zero-order valence-corrected chi connectivity index (χ0v) is 13.6. The van der Waals surface area contributed by atoms with E-state index in [0.717, 1.165) is 12.2 Å². The molecule has 6 heteroatoms. The van der Waals surface area contributed by atoms with Gasteiger partial charge in [0.25, 0.3) is 0 Å². The van der Waals surface area contributed by atoms with Crippen LogP contribution in [0, 0.1) is 5.41 Å². The molecular formula is C14H26N2O3S. The second-order valence-electron chi connectivity index (χ2n) is 6.75. The number of carbonyl (C=O) groups excluding carboxylic acids is 1. The molecule has 1 aliphatic heterocycles. The molecule has 0 aromatic rings. The number of rotatable bonds is 5. The number of amides is 2. The molecule has 0 aliphatic carbocycles. The van der Waals surface area contributed by atoms with Crippen LogP contribution in [0.15, 0.2) is 0 Å². The van der Waals surface area contributed by atoms with Crippen LogP contribution in [0.4, 0.5) is 4.79 Å². The highest BCUT2D eigenvalue weighted by Crippen LogP contribution is 2.36. The van der Waals surface area contributed by atoms with Gasteiger partial charge >= 0.3 is 12.0 Å². The summed E-state index contributed by atoms with van der Waals surface area (Å²) in [5.74, 6) is 0.243. The number of hydrogen-bond donors (Lipinski definition) is 3. The van der Waals surface area contributed by atoms with Gasteiger partial charge in [-0.1, -0.05) is 20.8 Å². The summed E-state index contributed by atoms with van der Waals surface area (Å²) in [5, 5.41) is 14.6.